The molecule has 2 saturated heterocycles. The molecule has 2 aromatic rings. The van der Waals surface area contributed by atoms with Crippen LogP contribution in [0.5, 0.6) is 0 Å². The monoisotopic (exact) mass is 499 g/mol. The van der Waals surface area contributed by atoms with E-state index in [0.717, 1.165) is 13.1 Å². The van der Waals surface area contributed by atoms with Crippen LogP contribution in [0.1, 0.15) is 18.1 Å². The van der Waals surface area contributed by atoms with E-state index in [-0.39, 0.29) is 11.9 Å². The normalized spacial score (nSPS) is 19.8. The highest BCUT2D eigenvalue weighted by molar-refractivity contribution is 6.31. The van der Waals surface area contributed by atoms with E-state index < -0.39 is 0 Å². The van der Waals surface area contributed by atoms with Crippen LogP contribution in [-0.4, -0.2) is 77.6 Å². The van der Waals surface area contributed by atoms with Gasteiger partial charge in [-0.25, -0.2) is 19.4 Å². The van der Waals surface area contributed by atoms with Crippen molar-refractivity contribution in [3.05, 3.63) is 71.2 Å². The van der Waals surface area contributed by atoms with Crippen molar-refractivity contribution >= 4 is 29.0 Å². The summed E-state index contributed by atoms with van der Waals surface area (Å²) in [4.78, 5) is 19.8. The maximum absolute atomic E-state index is 14.2. The smallest absolute Gasteiger partial charge is 0.171 e. The minimum Gasteiger partial charge on any atom is -0.398 e. The van der Waals surface area contributed by atoms with E-state index in [1.165, 1.54) is 6.07 Å². The Morgan fingerprint density at radius 1 is 1.23 bits per heavy atom. The number of anilines is 1. The molecule has 8 nitrogen and oxygen atoms in total. The highest BCUT2D eigenvalue weighted by atomic mass is 35.5. The van der Waals surface area contributed by atoms with Crippen LogP contribution in [0.15, 0.2) is 54.1 Å². The predicted molar refractivity (Wildman–Crippen MR) is 138 cm³/mol. The van der Waals surface area contributed by atoms with Crippen molar-refractivity contribution in [1.29, 1.82) is 0 Å². The van der Waals surface area contributed by atoms with Crippen molar-refractivity contribution in [3.8, 4) is 0 Å². The highest BCUT2D eigenvalue weighted by Gasteiger charge is 2.28. The first kappa shape index (κ1) is 24.9. The van der Waals surface area contributed by atoms with Gasteiger partial charge in [-0.15, -0.1) is 0 Å². The fourth-order valence-corrected chi connectivity index (χ4v) is 4.44. The molecule has 2 aliphatic heterocycles. The van der Waals surface area contributed by atoms with Gasteiger partial charge in [-0.05, 0) is 25.5 Å². The molecule has 0 amide bonds. The van der Waals surface area contributed by atoms with Crippen molar-refractivity contribution in [1.82, 2.24) is 19.8 Å². The lowest BCUT2D eigenvalue weighted by atomic mass is 10.1. The molecule has 0 saturated carbocycles. The molecule has 0 bridgehead atoms. The number of aliphatic imine (C=N–C) groups is 1. The van der Waals surface area contributed by atoms with Gasteiger partial charge in [0, 0.05) is 68.5 Å². The van der Waals surface area contributed by atoms with Crippen molar-refractivity contribution in [2.45, 2.75) is 19.9 Å². The molecule has 186 valence electrons. The van der Waals surface area contributed by atoms with Crippen molar-refractivity contribution in [3.63, 3.8) is 0 Å². The number of aromatic nitrogens is 2. The van der Waals surface area contributed by atoms with Gasteiger partial charge in [-0.1, -0.05) is 30.3 Å². The van der Waals surface area contributed by atoms with E-state index in [0.29, 0.717) is 72.3 Å². The summed E-state index contributed by atoms with van der Waals surface area (Å²) >= 11 is 6.28. The molecule has 2 fully saturated rings. The van der Waals surface area contributed by atoms with Gasteiger partial charge in [0.1, 0.15) is 17.5 Å². The van der Waals surface area contributed by atoms with Crippen molar-refractivity contribution in [2.24, 2.45) is 10.7 Å². The maximum Gasteiger partial charge on any atom is 0.171 e. The first-order chi connectivity index (χ1) is 16.8. The topological polar surface area (TPSA) is 83.1 Å². The molecule has 1 atom stereocenters. The van der Waals surface area contributed by atoms with E-state index in [2.05, 4.69) is 38.2 Å². The lowest BCUT2D eigenvalue weighted by Crippen LogP contribution is -2.54. The van der Waals surface area contributed by atoms with E-state index in [9.17, 15) is 4.39 Å². The number of ether oxygens (including phenoxy) is 1. The number of piperazine rings is 1. The SMILES string of the molecule is C=C(N=C(/C=C(\N)c1ccc(C)c(F)c1)N1CCN(c2nccnc2Cl)C[C@H]1C)N1CCOCC1. The first-order valence-corrected chi connectivity index (χ1v) is 12.0. The van der Waals surface area contributed by atoms with E-state index in [1.54, 1.807) is 31.5 Å². The molecule has 35 heavy (non-hydrogen) atoms. The van der Waals surface area contributed by atoms with Crippen LogP contribution in [0.2, 0.25) is 5.15 Å². The first-order valence-electron chi connectivity index (χ1n) is 11.7. The quantitative estimate of drug-likeness (QED) is 0.499. The number of amidine groups is 1. The van der Waals surface area contributed by atoms with Crippen molar-refractivity contribution in [2.75, 3.05) is 50.8 Å². The summed E-state index contributed by atoms with van der Waals surface area (Å²) in [6, 6.07) is 5.06. The third-order valence-electron chi connectivity index (χ3n) is 6.27. The molecular weight excluding hydrogens is 469 g/mol. The summed E-state index contributed by atoms with van der Waals surface area (Å²) in [6.45, 7) is 12.8. The van der Waals surface area contributed by atoms with Gasteiger partial charge in [-0.2, -0.15) is 0 Å². The molecule has 1 aromatic heterocycles. The van der Waals surface area contributed by atoms with Crippen LogP contribution in [-0.2, 0) is 4.74 Å². The number of hydrogen-bond donors (Lipinski definition) is 1. The number of halogens is 2. The van der Waals surface area contributed by atoms with Crippen LogP contribution < -0.4 is 10.6 Å². The molecule has 0 unspecified atom stereocenters. The van der Waals surface area contributed by atoms with Gasteiger partial charge >= 0.3 is 0 Å². The minimum atomic E-state index is -0.294. The summed E-state index contributed by atoms with van der Waals surface area (Å²) in [5.41, 5.74) is 8.05. The third kappa shape index (κ3) is 5.91. The molecular formula is C25H31ClFN7O. The van der Waals surface area contributed by atoms with Crippen molar-refractivity contribution < 1.29 is 9.13 Å². The van der Waals surface area contributed by atoms with Gasteiger partial charge < -0.3 is 25.2 Å². The lowest BCUT2D eigenvalue weighted by Gasteiger charge is -2.42. The zero-order chi connectivity index (χ0) is 24.9. The minimum absolute atomic E-state index is 0.0665. The summed E-state index contributed by atoms with van der Waals surface area (Å²) < 4.78 is 19.7. The largest absolute Gasteiger partial charge is 0.398 e. The molecule has 2 N–H and O–H groups in total. The number of aryl methyl sites for hydroxylation is 1. The maximum atomic E-state index is 14.2. The van der Waals surface area contributed by atoms with Crippen LogP contribution in [0.25, 0.3) is 5.70 Å². The molecule has 4 rings (SSSR count). The standard InChI is InChI=1S/C25H31ClFN7O/c1-17-4-5-20(14-21(17)27)22(28)15-23(31-19(3)32-10-12-35-13-11-32)34-9-8-33(16-18(34)2)25-24(26)29-6-7-30-25/h4-7,14-15,18H,3,8-13,16,28H2,1-2H3/b22-15-,31-23?/t18-/m1/s1. The Kier molecular flexibility index (Phi) is 7.87. The van der Waals surface area contributed by atoms with Gasteiger partial charge in [-0.3, -0.25) is 0 Å². The fraction of sp³-hybridized carbons (Fsp3) is 0.400. The molecule has 0 spiro atoms. The zero-order valence-corrected chi connectivity index (χ0v) is 20.9. The highest BCUT2D eigenvalue weighted by Crippen LogP contribution is 2.24. The van der Waals surface area contributed by atoms with Gasteiger partial charge in [0.05, 0.1) is 13.2 Å². The second kappa shape index (κ2) is 11.0. The van der Waals surface area contributed by atoms with E-state index in [4.69, 9.17) is 27.1 Å². The Hall–Kier alpha value is -3.17. The zero-order valence-electron chi connectivity index (χ0n) is 20.1. The van der Waals surface area contributed by atoms with Gasteiger partial charge in [0.15, 0.2) is 11.0 Å². The number of nitrogens with zero attached hydrogens (tertiary/aromatic N) is 6. The summed E-state index contributed by atoms with van der Waals surface area (Å²) in [5, 5.41) is 0.383. The molecule has 10 heteroatoms. The second-order valence-corrected chi connectivity index (χ2v) is 9.07. The Labute approximate surface area is 210 Å². The molecule has 0 radical (unpaired) electrons. The Morgan fingerprint density at radius 2 is 1.97 bits per heavy atom. The summed E-state index contributed by atoms with van der Waals surface area (Å²) in [5.74, 6) is 1.70. The predicted octanol–water partition coefficient (Wildman–Crippen LogP) is 3.29. The number of nitrogens with two attached hydrogens (primary N) is 1. The summed E-state index contributed by atoms with van der Waals surface area (Å²) in [6.07, 6.45) is 5.02. The average molecular weight is 500 g/mol. The molecule has 1 aromatic carbocycles. The molecule has 3 heterocycles. The van der Waals surface area contributed by atoms with E-state index >= 15 is 0 Å². The molecule has 2 aliphatic rings. The van der Waals surface area contributed by atoms with Crippen LogP contribution >= 0.6 is 11.6 Å². The van der Waals surface area contributed by atoms with Crippen LogP contribution in [0.4, 0.5) is 10.2 Å². The van der Waals surface area contributed by atoms with Crippen LogP contribution in [0, 0.1) is 12.7 Å². The summed E-state index contributed by atoms with van der Waals surface area (Å²) in [7, 11) is 0. The third-order valence-corrected chi connectivity index (χ3v) is 6.53. The number of benzene rings is 1. The van der Waals surface area contributed by atoms with E-state index in [1.807, 2.05) is 6.07 Å². The Morgan fingerprint density at radius 3 is 2.66 bits per heavy atom. The van der Waals surface area contributed by atoms with Crippen LogP contribution in [0.3, 0.4) is 0 Å². The average Bonchev–Trinajstić information content (AvgIpc) is 2.86. The van der Waals surface area contributed by atoms with Gasteiger partial charge in [0.25, 0.3) is 0 Å². The Bertz CT molecular complexity index is 1130. The lowest BCUT2D eigenvalue weighted by molar-refractivity contribution is 0.0533. The molecule has 0 aliphatic carbocycles. The second-order valence-electron chi connectivity index (χ2n) is 8.71. The Balaban J connectivity index is 1.62. The number of rotatable bonds is 5. The van der Waals surface area contributed by atoms with Gasteiger partial charge in [0.2, 0.25) is 0 Å². The number of hydrogen-bond acceptors (Lipinski definition) is 7. The number of morpholine rings is 1. The fourth-order valence-electron chi connectivity index (χ4n) is 4.21.